The summed E-state index contributed by atoms with van der Waals surface area (Å²) in [6.45, 7) is 0. The first-order valence-electron chi connectivity index (χ1n) is 7.07. The van der Waals surface area contributed by atoms with E-state index in [9.17, 15) is 43.9 Å². The van der Waals surface area contributed by atoms with Crippen molar-refractivity contribution in [2.24, 2.45) is 0 Å². The summed E-state index contributed by atoms with van der Waals surface area (Å²) in [5.74, 6) is 0. The Morgan fingerprint density at radius 1 is 0.964 bits per heavy atom. The van der Waals surface area contributed by atoms with Crippen molar-refractivity contribution in [1.82, 2.24) is 4.98 Å². The number of hydrogen-bond donors (Lipinski definition) is 0. The van der Waals surface area contributed by atoms with Gasteiger partial charge in [-0.1, -0.05) is 39.7 Å². The summed E-state index contributed by atoms with van der Waals surface area (Å²) in [6.07, 6.45) is -19.1. The van der Waals surface area contributed by atoms with E-state index in [0.717, 1.165) is 18.3 Å². The van der Waals surface area contributed by atoms with E-state index in [4.69, 9.17) is 11.6 Å². The van der Waals surface area contributed by atoms with Crippen molar-refractivity contribution in [3.05, 3.63) is 51.3 Å². The van der Waals surface area contributed by atoms with Crippen LogP contribution in [0.4, 0.5) is 43.9 Å². The van der Waals surface area contributed by atoms with Crippen LogP contribution in [0, 0.1) is 0 Å². The fourth-order valence-corrected chi connectivity index (χ4v) is 3.73. The fourth-order valence-electron chi connectivity index (χ4n) is 2.76. The standard InChI is InChI=1S/C15H7BrClF10N/c16-8-4-7(12(18,14(22,23)24)15(25,26)27)5-11(6-8,13(19,20)21)9-2-1-3-28-10(9)17/h1-5H,6H2. The third-order valence-corrected chi connectivity index (χ3v) is 4.90. The van der Waals surface area contributed by atoms with Crippen molar-refractivity contribution in [3.63, 3.8) is 0 Å². The zero-order chi connectivity index (χ0) is 21.8. The second kappa shape index (κ2) is 6.89. The zero-order valence-corrected chi connectivity index (χ0v) is 15.4. The minimum absolute atomic E-state index is 0.0369. The molecule has 0 aliphatic heterocycles. The van der Waals surface area contributed by atoms with E-state index in [0.29, 0.717) is 0 Å². The van der Waals surface area contributed by atoms with Crippen LogP contribution in [0.1, 0.15) is 12.0 Å². The van der Waals surface area contributed by atoms with Gasteiger partial charge in [-0.2, -0.15) is 39.5 Å². The molecule has 1 heterocycles. The summed E-state index contributed by atoms with van der Waals surface area (Å²) in [5, 5.41) is -0.805. The van der Waals surface area contributed by atoms with Gasteiger partial charge in [0.05, 0.1) is 0 Å². The van der Waals surface area contributed by atoms with E-state index in [1.165, 1.54) is 0 Å². The minimum atomic E-state index is -6.58. The molecule has 28 heavy (non-hydrogen) atoms. The smallest absolute Gasteiger partial charge is 0.244 e. The molecule has 0 fully saturated rings. The third kappa shape index (κ3) is 3.53. The Kier molecular flexibility index (Phi) is 5.66. The Hall–Kier alpha value is -1.30. The van der Waals surface area contributed by atoms with Gasteiger partial charge in [0.2, 0.25) is 0 Å². The molecule has 0 amide bonds. The molecule has 1 atom stereocenters. The first-order chi connectivity index (χ1) is 12.5. The van der Waals surface area contributed by atoms with Crippen molar-refractivity contribution in [3.8, 4) is 0 Å². The first-order valence-corrected chi connectivity index (χ1v) is 8.24. The monoisotopic (exact) mass is 505 g/mol. The Morgan fingerprint density at radius 2 is 1.50 bits per heavy atom. The van der Waals surface area contributed by atoms with Crippen LogP contribution in [0.15, 0.2) is 40.5 Å². The predicted molar refractivity (Wildman–Crippen MR) is 82.6 cm³/mol. The van der Waals surface area contributed by atoms with Gasteiger partial charge in [0.15, 0.2) is 0 Å². The van der Waals surface area contributed by atoms with Crippen LogP contribution >= 0.6 is 27.5 Å². The van der Waals surface area contributed by atoms with Crippen LogP contribution in [0.5, 0.6) is 0 Å². The van der Waals surface area contributed by atoms with Crippen LogP contribution < -0.4 is 0 Å². The molecular weight excluding hydrogens is 500 g/mol. The van der Waals surface area contributed by atoms with Crippen LogP contribution in [-0.4, -0.2) is 29.2 Å². The van der Waals surface area contributed by atoms with Gasteiger partial charge < -0.3 is 0 Å². The molecule has 1 aromatic rings. The maximum absolute atomic E-state index is 14.4. The molecule has 1 aromatic heterocycles. The molecule has 0 spiro atoms. The molecule has 0 radical (unpaired) electrons. The van der Waals surface area contributed by atoms with E-state index < -0.39 is 62.9 Å². The third-order valence-electron chi connectivity index (χ3n) is 4.09. The Morgan fingerprint density at radius 3 is 1.93 bits per heavy atom. The first kappa shape index (κ1) is 23.0. The average molecular weight is 507 g/mol. The maximum atomic E-state index is 14.4. The molecule has 13 heteroatoms. The van der Waals surface area contributed by atoms with E-state index in [-0.39, 0.29) is 6.08 Å². The van der Waals surface area contributed by atoms with Gasteiger partial charge >= 0.3 is 24.2 Å². The summed E-state index contributed by atoms with van der Waals surface area (Å²) in [7, 11) is 0. The van der Waals surface area contributed by atoms with Crippen molar-refractivity contribution in [2.75, 3.05) is 0 Å². The highest BCUT2D eigenvalue weighted by molar-refractivity contribution is 9.11. The maximum Gasteiger partial charge on any atom is 0.435 e. The highest BCUT2D eigenvalue weighted by Gasteiger charge is 2.75. The van der Waals surface area contributed by atoms with Crippen molar-refractivity contribution < 1.29 is 43.9 Å². The highest BCUT2D eigenvalue weighted by atomic mass is 79.9. The van der Waals surface area contributed by atoms with Gasteiger partial charge in [0, 0.05) is 23.8 Å². The summed E-state index contributed by atoms with van der Waals surface area (Å²) in [4.78, 5) is 3.39. The summed E-state index contributed by atoms with van der Waals surface area (Å²) < 4.78 is 134. The van der Waals surface area contributed by atoms with Crippen LogP contribution in [0.2, 0.25) is 5.15 Å². The van der Waals surface area contributed by atoms with Crippen LogP contribution in [0.3, 0.4) is 0 Å². The predicted octanol–water partition coefficient (Wildman–Crippen LogP) is 6.98. The number of nitrogens with zero attached hydrogens (tertiary/aromatic N) is 1. The molecule has 156 valence electrons. The Bertz CT molecular complexity index is 809. The van der Waals surface area contributed by atoms with Gasteiger partial charge in [-0.05, 0) is 16.6 Å². The SMILES string of the molecule is FC(F)(F)C1(c2cccnc2Cl)C=C(C(F)(C(F)(F)F)C(F)(F)F)C=C(Br)C1. The molecule has 0 aromatic carbocycles. The quantitative estimate of drug-likeness (QED) is 0.312. The van der Waals surface area contributed by atoms with E-state index in [1.54, 1.807) is 0 Å². The number of pyridine rings is 1. The Balaban J connectivity index is 2.91. The number of halogens is 12. The van der Waals surface area contributed by atoms with Gasteiger partial charge in [-0.15, -0.1) is 0 Å². The molecule has 1 aliphatic rings. The van der Waals surface area contributed by atoms with Crippen LogP contribution in [-0.2, 0) is 5.41 Å². The minimum Gasteiger partial charge on any atom is -0.244 e. The normalized spacial score (nSPS) is 22.0. The lowest BCUT2D eigenvalue weighted by molar-refractivity contribution is -0.325. The molecule has 0 saturated carbocycles. The second-order valence-electron chi connectivity index (χ2n) is 5.83. The topological polar surface area (TPSA) is 12.9 Å². The van der Waals surface area contributed by atoms with Gasteiger partial charge in [-0.25, -0.2) is 9.37 Å². The highest BCUT2D eigenvalue weighted by Crippen LogP contribution is 2.57. The van der Waals surface area contributed by atoms with Gasteiger partial charge in [-0.3, -0.25) is 0 Å². The number of hydrogen-bond acceptors (Lipinski definition) is 1. The Labute approximate surface area is 164 Å². The number of allylic oxidation sites excluding steroid dienone is 4. The van der Waals surface area contributed by atoms with Crippen LogP contribution in [0.25, 0.3) is 0 Å². The molecule has 1 aliphatic carbocycles. The molecule has 0 N–H and O–H groups in total. The molecule has 2 rings (SSSR count). The lowest BCUT2D eigenvalue weighted by Crippen LogP contribution is -2.56. The molecule has 0 bridgehead atoms. The summed E-state index contributed by atoms with van der Waals surface area (Å²) in [5.41, 5.74) is -12.7. The average Bonchev–Trinajstić information content (AvgIpc) is 2.50. The molecule has 0 saturated heterocycles. The van der Waals surface area contributed by atoms with Crippen molar-refractivity contribution in [1.29, 1.82) is 0 Å². The van der Waals surface area contributed by atoms with Gasteiger partial charge in [0.1, 0.15) is 10.6 Å². The number of alkyl halides is 10. The fraction of sp³-hybridized carbons (Fsp3) is 0.400. The molecule has 1 unspecified atom stereocenters. The van der Waals surface area contributed by atoms with E-state index >= 15 is 0 Å². The molecule has 1 nitrogen and oxygen atoms in total. The largest absolute Gasteiger partial charge is 0.435 e. The van der Waals surface area contributed by atoms with E-state index in [1.807, 2.05) is 0 Å². The van der Waals surface area contributed by atoms with Gasteiger partial charge in [0.25, 0.3) is 0 Å². The number of rotatable bonds is 2. The number of aromatic nitrogens is 1. The van der Waals surface area contributed by atoms with Crippen molar-refractivity contribution in [2.45, 2.75) is 36.0 Å². The lowest BCUT2D eigenvalue weighted by Gasteiger charge is -2.40. The zero-order valence-electron chi connectivity index (χ0n) is 13.1. The summed E-state index contributed by atoms with van der Waals surface area (Å²) in [6, 6.07) is 1.70. The molecular formula is C15H7BrClF10N. The summed E-state index contributed by atoms with van der Waals surface area (Å²) >= 11 is 8.13. The lowest BCUT2D eigenvalue weighted by atomic mass is 9.71. The van der Waals surface area contributed by atoms with Crippen molar-refractivity contribution >= 4 is 27.5 Å². The second-order valence-corrected chi connectivity index (χ2v) is 7.21. The van der Waals surface area contributed by atoms with E-state index in [2.05, 4.69) is 20.9 Å².